The first-order valence-corrected chi connectivity index (χ1v) is 8.34. The number of aliphatic hydroxyl groups is 2. The standard InChI is InChI=1S/C18H25N5O4/c1-18(10-24,11-25)22-17(26)16(20-2)14-8-13(4-5-15(14)19)27-9-12-6-7-21-23(12)3/h4-8,24-25H,9-11,19H2,1-3H3,(H,22,26). The van der Waals surface area contributed by atoms with Gasteiger partial charge < -0.3 is 26.0 Å². The number of aliphatic imine (C=N–C) groups is 1. The Bertz CT molecular complexity index is 827. The Morgan fingerprint density at radius 1 is 1.37 bits per heavy atom. The number of aliphatic hydroxyl groups excluding tert-OH is 2. The summed E-state index contributed by atoms with van der Waals surface area (Å²) in [5.74, 6) is -0.0417. The molecule has 0 unspecified atom stereocenters. The zero-order valence-electron chi connectivity index (χ0n) is 15.6. The number of rotatable bonds is 8. The number of aromatic nitrogens is 2. The largest absolute Gasteiger partial charge is 0.487 e. The van der Waals surface area contributed by atoms with E-state index in [0.29, 0.717) is 23.6 Å². The highest BCUT2D eigenvalue weighted by Gasteiger charge is 2.28. The van der Waals surface area contributed by atoms with Gasteiger partial charge in [-0.2, -0.15) is 5.10 Å². The first-order valence-electron chi connectivity index (χ1n) is 8.34. The molecule has 0 atom stereocenters. The molecule has 1 aromatic heterocycles. The molecule has 1 heterocycles. The maximum atomic E-state index is 12.6. The Labute approximate surface area is 157 Å². The third-order valence-corrected chi connectivity index (χ3v) is 4.14. The Kier molecular flexibility index (Phi) is 6.54. The molecule has 5 N–H and O–H groups in total. The number of ether oxygens (including phenoxy) is 1. The number of nitrogens with one attached hydrogen (secondary N) is 1. The zero-order chi connectivity index (χ0) is 20.0. The van der Waals surface area contributed by atoms with Crippen molar-refractivity contribution in [3.05, 3.63) is 41.7 Å². The number of carbonyl (C=O) groups is 1. The molecule has 0 spiro atoms. The third kappa shape index (κ3) is 4.83. The van der Waals surface area contributed by atoms with Crippen LogP contribution >= 0.6 is 0 Å². The van der Waals surface area contributed by atoms with Crippen molar-refractivity contribution >= 4 is 17.3 Å². The number of carbonyl (C=O) groups excluding carboxylic acids is 1. The van der Waals surface area contributed by atoms with E-state index in [-0.39, 0.29) is 5.71 Å². The Morgan fingerprint density at radius 3 is 2.63 bits per heavy atom. The number of benzene rings is 1. The van der Waals surface area contributed by atoms with Crippen molar-refractivity contribution in [1.82, 2.24) is 15.1 Å². The minimum atomic E-state index is -1.17. The molecule has 0 aliphatic rings. The van der Waals surface area contributed by atoms with Crippen LogP contribution in [0.1, 0.15) is 18.2 Å². The molecule has 1 amide bonds. The van der Waals surface area contributed by atoms with Crippen molar-refractivity contribution in [1.29, 1.82) is 0 Å². The van der Waals surface area contributed by atoms with Crippen LogP contribution in [-0.2, 0) is 18.4 Å². The lowest BCUT2D eigenvalue weighted by atomic mass is 10.0. The predicted molar refractivity (Wildman–Crippen MR) is 102 cm³/mol. The van der Waals surface area contributed by atoms with E-state index in [1.807, 2.05) is 13.1 Å². The summed E-state index contributed by atoms with van der Waals surface area (Å²) in [7, 11) is 3.28. The fourth-order valence-corrected chi connectivity index (χ4v) is 2.34. The molecule has 9 heteroatoms. The highest BCUT2D eigenvalue weighted by molar-refractivity contribution is 6.46. The third-order valence-electron chi connectivity index (χ3n) is 4.14. The van der Waals surface area contributed by atoms with Crippen LogP contribution in [0.4, 0.5) is 5.69 Å². The van der Waals surface area contributed by atoms with E-state index in [4.69, 9.17) is 10.5 Å². The van der Waals surface area contributed by atoms with Crippen LogP contribution < -0.4 is 15.8 Å². The summed E-state index contributed by atoms with van der Waals surface area (Å²) in [5, 5.41) is 25.4. The highest BCUT2D eigenvalue weighted by atomic mass is 16.5. The average molecular weight is 375 g/mol. The summed E-state index contributed by atoms with van der Waals surface area (Å²) < 4.78 is 7.47. The molecule has 2 rings (SSSR count). The molecular weight excluding hydrogens is 350 g/mol. The number of hydrogen-bond donors (Lipinski definition) is 4. The number of amides is 1. The molecule has 0 saturated carbocycles. The van der Waals surface area contributed by atoms with Gasteiger partial charge in [0.2, 0.25) is 0 Å². The van der Waals surface area contributed by atoms with Crippen LogP contribution in [0.25, 0.3) is 0 Å². The minimum Gasteiger partial charge on any atom is -0.487 e. The second-order valence-electron chi connectivity index (χ2n) is 6.39. The van der Waals surface area contributed by atoms with Gasteiger partial charge in [-0.15, -0.1) is 0 Å². The molecule has 2 aromatic rings. The summed E-state index contributed by atoms with van der Waals surface area (Å²) in [6, 6.07) is 6.80. The molecule has 27 heavy (non-hydrogen) atoms. The maximum Gasteiger partial charge on any atom is 0.270 e. The fourth-order valence-electron chi connectivity index (χ4n) is 2.34. The van der Waals surface area contributed by atoms with E-state index in [9.17, 15) is 15.0 Å². The quantitative estimate of drug-likeness (QED) is 0.375. The van der Waals surface area contributed by atoms with Gasteiger partial charge >= 0.3 is 0 Å². The monoisotopic (exact) mass is 375 g/mol. The van der Waals surface area contributed by atoms with Crippen molar-refractivity contribution in [2.24, 2.45) is 12.0 Å². The van der Waals surface area contributed by atoms with Crippen molar-refractivity contribution < 1.29 is 19.7 Å². The molecule has 9 nitrogen and oxygen atoms in total. The minimum absolute atomic E-state index is 0.0756. The number of anilines is 1. The highest BCUT2D eigenvalue weighted by Crippen LogP contribution is 2.22. The number of nitrogens with zero attached hydrogens (tertiary/aromatic N) is 3. The van der Waals surface area contributed by atoms with Crippen LogP contribution in [0.2, 0.25) is 0 Å². The summed E-state index contributed by atoms with van der Waals surface area (Å²) >= 11 is 0. The lowest BCUT2D eigenvalue weighted by Crippen LogP contribution is -2.53. The summed E-state index contributed by atoms with van der Waals surface area (Å²) in [5.41, 5.74) is 6.56. The number of nitrogen functional groups attached to an aromatic ring is 1. The van der Waals surface area contributed by atoms with E-state index in [1.54, 1.807) is 29.1 Å². The van der Waals surface area contributed by atoms with E-state index in [1.165, 1.54) is 14.0 Å². The van der Waals surface area contributed by atoms with Crippen LogP contribution in [0.15, 0.2) is 35.5 Å². The number of nitrogens with two attached hydrogens (primary N) is 1. The maximum absolute atomic E-state index is 12.6. The average Bonchev–Trinajstić information content (AvgIpc) is 3.07. The van der Waals surface area contributed by atoms with Gasteiger partial charge in [0.05, 0.1) is 24.4 Å². The SMILES string of the molecule is CN=C(C(=O)NC(C)(CO)CO)c1cc(OCc2ccnn2C)ccc1N. The van der Waals surface area contributed by atoms with Crippen LogP contribution in [0.3, 0.4) is 0 Å². The smallest absolute Gasteiger partial charge is 0.270 e. The first-order chi connectivity index (χ1) is 12.8. The Morgan fingerprint density at radius 2 is 2.07 bits per heavy atom. The van der Waals surface area contributed by atoms with Crippen molar-refractivity contribution in [2.45, 2.75) is 19.1 Å². The molecule has 0 bridgehead atoms. The van der Waals surface area contributed by atoms with Gasteiger partial charge in [0, 0.05) is 31.5 Å². The fraction of sp³-hybridized carbons (Fsp3) is 0.389. The summed E-state index contributed by atoms with van der Waals surface area (Å²) in [4.78, 5) is 16.6. The molecule has 0 aliphatic heterocycles. The van der Waals surface area contributed by atoms with Crippen molar-refractivity contribution in [3.63, 3.8) is 0 Å². The molecule has 0 saturated heterocycles. The van der Waals surface area contributed by atoms with Crippen molar-refractivity contribution in [2.75, 3.05) is 26.0 Å². The lowest BCUT2D eigenvalue weighted by Gasteiger charge is -2.26. The van der Waals surface area contributed by atoms with Gasteiger partial charge in [-0.25, -0.2) is 0 Å². The normalized spacial score (nSPS) is 12.1. The second kappa shape index (κ2) is 8.65. The van der Waals surface area contributed by atoms with E-state index < -0.39 is 24.7 Å². The molecule has 0 fully saturated rings. The number of hydrogen-bond acceptors (Lipinski definition) is 7. The van der Waals surface area contributed by atoms with Crippen LogP contribution in [0, 0.1) is 0 Å². The predicted octanol–water partition coefficient (Wildman–Crippen LogP) is -0.140. The van der Waals surface area contributed by atoms with Gasteiger partial charge in [0.25, 0.3) is 5.91 Å². The summed E-state index contributed by atoms with van der Waals surface area (Å²) in [6.07, 6.45) is 1.68. The van der Waals surface area contributed by atoms with Gasteiger partial charge in [0.15, 0.2) is 0 Å². The van der Waals surface area contributed by atoms with Crippen LogP contribution in [0.5, 0.6) is 5.75 Å². The van der Waals surface area contributed by atoms with E-state index >= 15 is 0 Å². The lowest BCUT2D eigenvalue weighted by molar-refractivity contribution is -0.117. The second-order valence-corrected chi connectivity index (χ2v) is 6.39. The molecule has 0 radical (unpaired) electrons. The van der Waals surface area contributed by atoms with Crippen molar-refractivity contribution in [3.8, 4) is 5.75 Å². The molecule has 0 aliphatic carbocycles. The number of aryl methyl sites for hydroxylation is 1. The topological polar surface area (TPSA) is 135 Å². The van der Waals surface area contributed by atoms with Gasteiger partial charge in [-0.05, 0) is 31.2 Å². The van der Waals surface area contributed by atoms with Gasteiger partial charge in [0.1, 0.15) is 18.1 Å². The van der Waals surface area contributed by atoms with E-state index in [2.05, 4.69) is 15.4 Å². The van der Waals surface area contributed by atoms with Gasteiger partial charge in [-0.3, -0.25) is 14.5 Å². The van der Waals surface area contributed by atoms with Gasteiger partial charge in [-0.1, -0.05) is 0 Å². The van der Waals surface area contributed by atoms with Crippen LogP contribution in [-0.4, -0.2) is 57.4 Å². The Balaban J connectivity index is 2.22. The zero-order valence-corrected chi connectivity index (χ0v) is 15.6. The van der Waals surface area contributed by atoms with E-state index in [0.717, 1.165) is 5.69 Å². The molecular formula is C18H25N5O4. The molecule has 146 valence electrons. The first kappa shape index (κ1) is 20.4. The molecule has 1 aromatic carbocycles. The Hall–Kier alpha value is -2.91. The summed E-state index contributed by atoms with van der Waals surface area (Å²) in [6.45, 7) is 0.984.